The minimum absolute atomic E-state index is 0.267. The van der Waals surface area contributed by atoms with E-state index >= 15 is 0 Å². The molecule has 1 aromatic carbocycles. The van der Waals surface area contributed by atoms with E-state index < -0.39 is 5.91 Å². The van der Waals surface area contributed by atoms with E-state index in [1.54, 1.807) is 17.1 Å². The number of amides is 1. The number of carbonyl (C=O) groups excluding carboxylic acids is 2. The minimum Gasteiger partial charge on any atom is -0.441 e. The van der Waals surface area contributed by atoms with E-state index in [0.29, 0.717) is 12.0 Å². The number of unbranched alkanes of at least 4 members (excludes halogenated alkanes) is 4. The van der Waals surface area contributed by atoms with Crippen LogP contribution < -0.4 is 11.5 Å². The van der Waals surface area contributed by atoms with Crippen LogP contribution in [0.15, 0.2) is 52.4 Å². The number of primary amides is 1. The van der Waals surface area contributed by atoms with E-state index in [0.717, 1.165) is 74.3 Å². The smallest absolute Gasteiger partial charge is 0.251 e. The predicted molar refractivity (Wildman–Crippen MR) is 150 cm³/mol. The van der Waals surface area contributed by atoms with Crippen molar-refractivity contribution < 1.29 is 14.0 Å². The molecule has 0 radical (unpaired) electrons. The fourth-order valence-corrected chi connectivity index (χ4v) is 3.77. The van der Waals surface area contributed by atoms with Gasteiger partial charge in [0.25, 0.3) is 5.91 Å². The van der Waals surface area contributed by atoms with Gasteiger partial charge in [0.2, 0.25) is 0 Å². The number of oxazole rings is 1. The number of nitrogens with zero attached hydrogens (tertiary/aromatic N) is 5. The third-order valence-corrected chi connectivity index (χ3v) is 5.90. The molecule has 10 nitrogen and oxygen atoms in total. The molecule has 4 rings (SSSR count). The number of hydrogen-bond donors (Lipinski definition) is 2. The van der Waals surface area contributed by atoms with Gasteiger partial charge in [-0.3, -0.25) is 14.5 Å². The highest BCUT2D eigenvalue weighted by Crippen LogP contribution is 2.23. The highest BCUT2D eigenvalue weighted by molar-refractivity contribution is 6.01. The van der Waals surface area contributed by atoms with Gasteiger partial charge in [-0.2, -0.15) is 10.2 Å². The van der Waals surface area contributed by atoms with E-state index in [1.165, 1.54) is 18.8 Å². The van der Waals surface area contributed by atoms with Crippen LogP contribution in [-0.2, 0) is 11.2 Å². The molecule has 1 aliphatic heterocycles. The van der Waals surface area contributed by atoms with Crippen molar-refractivity contribution in [2.75, 3.05) is 20.6 Å². The molecule has 0 saturated carbocycles. The first kappa shape index (κ1) is 30.4. The quantitative estimate of drug-likeness (QED) is 0.283. The largest absolute Gasteiger partial charge is 0.441 e. The first-order valence-corrected chi connectivity index (χ1v) is 13.1. The zero-order chi connectivity index (χ0) is 27.9. The Morgan fingerprint density at radius 2 is 1.76 bits per heavy atom. The summed E-state index contributed by atoms with van der Waals surface area (Å²) < 4.78 is 7.57. The fraction of sp³-hybridized carbons (Fsp3) is 0.464. The molecule has 3 heterocycles. The summed E-state index contributed by atoms with van der Waals surface area (Å²) in [4.78, 5) is 25.3. The van der Waals surface area contributed by atoms with Crippen molar-refractivity contribution >= 4 is 17.9 Å². The molecule has 0 fully saturated rings. The number of aromatic nitrogens is 3. The van der Waals surface area contributed by atoms with Crippen molar-refractivity contribution in [2.45, 2.75) is 64.8 Å². The van der Waals surface area contributed by atoms with Crippen LogP contribution in [0.25, 0.3) is 11.3 Å². The summed E-state index contributed by atoms with van der Waals surface area (Å²) in [5.41, 5.74) is 13.3. The highest BCUT2D eigenvalue weighted by Gasteiger charge is 2.13. The Bertz CT molecular complexity index is 1150. The second-order valence-corrected chi connectivity index (χ2v) is 9.16. The monoisotopic (exact) mass is 523 g/mol. The van der Waals surface area contributed by atoms with Crippen molar-refractivity contribution in [3.8, 4) is 11.3 Å². The zero-order valence-corrected chi connectivity index (χ0v) is 23.0. The molecule has 10 heteroatoms. The molecular weight excluding hydrogens is 482 g/mol. The Labute approximate surface area is 225 Å². The first-order valence-electron chi connectivity index (χ1n) is 13.1. The number of benzene rings is 1. The van der Waals surface area contributed by atoms with E-state index in [9.17, 15) is 9.59 Å². The minimum atomic E-state index is -0.433. The zero-order valence-electron chi connectivity index (χ0n) is 23.0. The van der Waals surface area contributed by atoms with Crippen LogP contribution in [0.4, 0.5) is 0 Å². The molecule has 0 atom stereocenters. The van der Waals surface area contributed by atoms with Crippen LogP contribution in [-0.4, -0.2) is 58.3 Å². The maximum Gasteiger partial charge on any atom is 0.251 e. The molecule has 0 saturated heterocycles. The summed E-state index contributed by atoms with van der Waals surface area (Å²) in [6, 6.07) is 8.60. The molecule has 2 aromatic heterocycles. The van der Waals surface area contributed by atoms with Crippen LogP contribution >= 0.6 is 0 Å². The van der Waals surface area contributed by atoms with Crippen LogP contribution in [0.1, 0.15) is 80.2 Å². The lowest BCUT2D eigenvalue weighted by atomic mass is 10.1. The Kier molecular flexibility index (Phi) is 12.9. The van der Waals surface area contributed by atoms with E-state index in [2.05, 4.69) is 45.2 Å². The Morgan fingerprint density at radius 1 is 1.08 bits per heavy atom. The standard InChI is InChI=1S/C20H25N3O2.C7H11N3O.CH5N/c1-23-13-12-18(22-23)16-8-10-17(11-9-16)19-15-21-20(25-19)7-5-3-2-4-6-14-24;1-5(2)10-4-6(3-9-10)7(8)11;1-2/h8-11,14-15H,2-7,12-13H2,1H3;3-5H,1-2H3,(H2,8,11);2H2,1H3. The maximum absolute atomic E-state index is 10.6. The number of carbonyl (C=O) groups is 2. The Morgan fingerprint density at radius 3 is 2.32 bits per heavy atom. The second kappa shape index (κ2) is 16.1. The van der Waals surface area contributed by atoms with Gasteiger partial charge in [-0.25, -0.2) is 4.98 Å². The van der Waals surface area contributed by atoms with Crippen LogP contribution in [0.3, 0.4) is 0 Å². The normalized spacial score (nSPS) is 12.4. The SMILES string of the molecule is CC(C)n1cc(C(N)=O)cn1.CN.CN1CCC(c2ccc(-c3cnc(CCCCCCC=O)o3)cc2)=N1. The van der Waals surface area contributed by atoms with Crippen molar-refractivity contribution in [3.05, 3.63) is 59.9 Å². The molecule has 0 aliphatic carbocycles. The average Bonchev–Trinajstić information content (AvgIpc) is 3.69. The molecule has 0 spiro atoms. The Balaban J connectivity index is 0.000000327. The van der Waals surface area contributed by atoms with Gasteiger partial charge in [-0.1, -0.05) is 37.1 Å². The lowest BCUT2D eigenvalue weighted by Crippen LogP contribution is -2.09. The van der Waals surface area contributed by atoms with Gasteiger partial charge < -0.3 is 20.7 Å². The summed E-state index contributed by atoms with van der Waals surface area (Å²) in [5, 5.41) is 10.5. The third kappa shape index (κ3) is 9.59. The highest BCUT2D eigenvalue weighted by atomic mass is 16.4. The van der Waals surface area contributed by atoms with Gasteiger partial charge in [0, 0.05) is 50.7 Å². The number of hydrazone groups is 1. The molecule has 1 aliphatic rings. The van der Waals surface area contributed by atoms with Crippen molar-refractivity contribution in [2.24, 2.45) is 16.6 Å². The number of nitrogens with two attached hydrogens (primary N) is 2. The summed E-state index contributed by atoms with van der Waals surface area (Å²) in [7, 11) is 3.50. The van der Waals surface area contributed by atoms with Gasteiger partial charge in [0.1, 0.15) is 6.29 Å². The number of aryl methyl sites for hydroxylation is 1. The fourth-order valence-electron chi connectivity index (χ4n) is 3.77. The molecular formula is C28H41N7O3. The molecule has 206 valence electrons. The van der Waals surface area contributed by atoms with Crippen LogP contribution in [0.2, 0.25) is 0 Å². The average molecular weight is 524 g/mol. The molecule has 3 aromatic rings. The number of rotatable bonds is 11. The van der Waals surface area contributed by atoms with Gasteiger partial charge in [0.05, 0.1) is 23.7 Å². The topological polar surface area (TPSA) is 146 Å². The van der Waals surface area contributed by atoms with Gasteiger partial charge in [-0.15, -0.1) is 0 Å². The predicted octanol–water partition coefficient (Wildman–Crippen LogP) is 4.21. The summed E-state index contributed by atoms with van der Waals surface area (Å²) in [6.45, 7) is 4.95. The van der Waals surface area contributed by atoms with Gasteiger partial charge >= 0.3 is 0 Å². The second-order valence-electron chi connectivity index (χ2n) is 9.16. The van der Waals surface area contributed by atoms with E-state index in [4.69, 9.17) is 10.2 Å². The van der Waals surface area contributed by atoms with Gasteiger partial charge in [0.15, 0.2) is 11.7 Å². The maximum atomic E-state index is 10.6. The van der Waals surface area contributed by atoms with Crippen molar-refractivity contribution in [1.29, 1.82) is 0 Å². The molecule has 38 heavy (non-hydrogen) atoms. The molecule has 0 bridgehead atoms. The van der Waals surface area contributed by atoms with Crippen LogP contribution in [0, 0.1) is 0 Å². The molecule has 4 N–H and O–H groups in total. The first-order chi connectivity index (χ1) is 18.4. The van der Waals surface area contributed by atoms with Crippen molar-refractivity contribution in [3.63, 3.8) is 0 Å². The summed E-state index contributed by atoms with van der Waals surface area (Å²) in [6.07, 6.45) is 12.7. The van der Waals surface area contributed by atoms with E-state index in [1.807, 2.05) is 25.9 Å². The summed E-state index contributed by atoms with van der Waals surface area (Å²) >= 11 is 0. The van der Waals surface area contributed by atoms with Gasteiger partial charge in [-0.05, 0) is 39.3 Å². The summed E-state index contributed by atoms with van der Waals surface area (Å²) in [5.74, 6) is 1.17. The number of aldehydes is 1. The lowest BCUT2D eigenvalue weighted by Gasteiger charge is -2.02. The third-order valence-electron chi connectivity index (χ3n) is 5.90. The Hall–Kier alpha value is -3.79. The molecule has 1 amide bonds. The van der Waals surface area contributed by atoms with Crippen molar-refractivity contribution in [1.82, 2.24) is 19.8 Å². The van der Waals surface area contributed by atoms with E-state index in [-0.39, 0.29) is 6.04 Å². The number of hydrogen-bond acceptors (Lipinski definition) is 8. The molecule has 0 unspecified atom stereocenters. The van der Waals surface area contributed by atoms with Crippen LogP contribution in [0.5, 0.6) is 0 Å². The lowest BCUT2D eigenvalue weighted by molar-refractivity contribution is -0.107.